The zero-order valence-corrected chi connectivity index (χ0v) is 17.3. The lowest BCUT2D eigenvalue weighted by atomic mass is 9.90. The van der Waals surface area contributed by atoms with Crippen LogP contribution < -0.4 is 15.0 Å². The number of benzene rings is 2. The van der Waals surface area contributed by atoms with Crippen molar-refractivity contribution in [1.82, 2.24) is 5.32 Å². The van der Waals surface area contributed by atoms with Crippen LogP contribution in [0.3, 0.4) is 0 Å². The monoisotopic (exact) mass is 466 g/mol. The van der Waals surface area contributed by atoms with Gasteiger partial charge in [0.1, 0.15) is 5.75 Å². The lowest BCUT2D eigenvalue weighted by Gasteiger charge is -2.52. The summed E-state index contributed by atoms with van der Waals surface area (Å²) in [4.78, 5) is 2.09. The van der Waals surface area contributed by atoms with E-state index in [9.17, 15) is 0 Å². The lowest BCUT2D eigenvalue weighted by molar-refractivity contribution is 0.0497. The molecule has 1 fully saturated rings. The molecule has 2 aliphatic rings. The van der Waals surface area contributed by atoms with E-state index in [1.54, 1.807) is 0 Å². The predicted octanol–water partition coefficient (Wildman–Crippen LogP) is 5.45. The Bertz CT molecular complexity index is 857. The van der Waals surface area contributed by atoms with Crippen molar-refractivity contribution in [1.29, 1.82) is 0 Å². The fourth-order valence-corrected chi connectivity index (χ4v) is 4.57. The molecule has 2 aliphatic heterocycles. The first kappa shape index (κ1) is 16.4. The molecule has 2 atom stereocenters. The second-order valence-corrected chi connectivity index (χ2v) is 8.59. The summed E-state index contributed by atoms with van der Waals surface area (Å²) in [6, 6.07) is 12.5. The van der Waals surface area contributed by atoms with Crippen molar-refractivity contribution in [3.05, 3.63) is 56.5 Å². The SMILES string of the molecule is Cc1cc(N2C(=S)N[C@H]3C[C@@]2(C)Oc2ccc(Br)cc23)ccc1Br. The maximum Gasteiger partial charge on any atom is 0.188 e. The number of halogens is 2. The van der Waals surface area contributed by atoms with E-state index in [2.05, 4.69) is 80.2 Å². The second kappa shape index (κ2) is 5.71. The first-order chi connectivity index (χ1) is 11.4. The largest absolute Gasteiger partial charge is 0.467 e. The smallest absolute Gasteiger partial charge is 0.188 e. The van der Waals surface area contributed by atoms with Crippen molar-refractivity contribution >= 4 is 54.9 Å². The molecule has 2 bridgehead atoms. The molecular weight excluding hydrogens is 452 g/mol. The summed E-state index contributed by atoms with van der Waals surface area (Å²) in [6.45, 7) is 4.18. The number of thiocarbonyl (C=S) groups is 1. The van der Waals surface area contributed by atoms with Crippen LogP contribution in [0.15, 0.2) is 45.3 Å². The van der Waals surface area contributed by atoms with Gasteiger partial charge in [0, 0.05) is 26.6 Å². The topological polar surface area (TPSA) is 24.5 Å². The highest BCUT2D eigenvalue weighted by Crippen LogP contribution is 2.46. The Balaban J connectivity index is 1.80. The molecule has 1 N–H and O–H groups in total. The van der Waals surface area contributed by atoms with Crippen molar-refractivity contribution in [2.75, 3.05) is 4.90 Å². The fourth-order valence-electron chi connectivity index (χ4n) is 3.50. The molecule has 124 valence electrons. The molecule has 0 radical (unpaired) electrons. The molecule has 2 heterocycles. The van der Waals surface area contributed by atoms with Gasteiger partial charge in [0.25, 0.3) is 0 Å². The van der Waals surface area contributed by atoms with E-state index in [-0.39, 0.29) is 6.04 Å². The molecule has 1 saturated heterocycles. The van der Waals surface area contributed by atoms with Crippen LogP contribution in [0.5, 0.6) is 5.75 Å². The summed E-state index contributed by atoms with van der Waals surface area (Å²) in [5.74, 6) is 0.908. The van der Waals surface area contributed by atoms with Gasteiger partial charge in [-0.15, -0.1) is 0 Å². The molecule has 6 heteroatoms. The van der Waals surface area contributed by atoms with Crippen LogP contribution in [-0.4, -0.2) is 10.8 Å². The Hall–Kier alpha value is -1.11. The predicted molar refractivity (Wildman–Crippen MR) is 108 cm³/mol. The van der Waals surface area contributed by atoms with Crippen LogP contribution in [0.25, 0.3) is 0 Å². The third-order valence-corrected chi connectivity index (χ3v) is 6.32. The summed E-state index contributed by atoms with van der Waals surface area (Å²) >= 11 is 12.8. The van der Waals surface area contributed by atoms with Crippen molar-refractivity contribution < 1.29 is 4.74 Å². The van der Waals surface area contributed by atoms with Crippen molar-refractivity contribution in [2.45, 2.75) is 32.0 Å². The number of ether oxygens (including phenoxy) is 1. The highest BCUT2D eigenvalue weighted by molar-refractivity contribution is 9.10. The molecular formula is C18H16Br2N2OS. The summed E-state index contributed by atoms with van der Waals surface area (Å²) in [5.41, 5.74) is 2.85. The average molecular weight is 468 g/mol. The molecule has 0 aromatic heterocycles. The van der Waals surface area contributed by atoms with Crippen molar-refractivity contribution in [3.63, 3.8) is 0 Å². The zero-order chi connectivity index (χ0) is 17.1. The Kier molecular flexibility index (Phi) is 3.90. The molecule has 0 unspecified atom stereocenters. The highest BCUT2D eigenvalue weighted by Gasteiger charge is 2.48. The summed E-state index contributed by atoms with van der Waals surface area (Å²) < 4.78 is 8.55. The highest BCUT2D eigenvalue weighted by atomic mass is 79.9. The van der Waals surface area contributed by atoms with Crippen LogP contribution in [0, 0.1) is 6.92 Å². The molecule has 4 rings (SSSR count). The van der Waals surface area contributed by atoms with E-state index < -0.39 is 5.72 Å². The first-order valence-corrected chi connectivity index (χ1v) is 9.72. The van der Waals surface area contributed by atoms with E-state index in [0.29, 0.717) is 5.11 Å². The minimum absolute atomic E-state index is 0.163. The molecule has 0 saturated carbocycles. The Labute approximate surface area is 163 Å². The summed E-state index contributed by atoms with van der Waals surface area (Å²) in [7, 11) is 0. The van der Waals surface area contributed by atoms with Crippen LogP contribution >= 0.6 is 44.1 Å². The Morgan fingerprint density at radius 1 is 1.25 bits per heavy atom. The number of nitrogens with zero attached hydrogens (tertiary/aromatic N) is 1. The van der Waals surface area contributed by atoms with Gasteiger partial charge in [-0.05, 0) is 68.0 Å². The second-order valence-electron chi connectivity index (χ2n) is 6.43. The Morgan fingerprint density at radius 2 is 2.04 bits per heavy atom. The van der Waals surface area contributed by atoms with E-state index in [1.807, 2.05) is 12.1 Å². The maximum atomic E-state index is 6.42. The number of anilines is 1. The first-order valence-electron chi connectivity index (χ1n) is 7.73. The number of hydrogen-bond donors (Lipinski definition) is 1. The van der Waals surface area contributed by atoms with E-state index in [4.69, 9.17) is 17.0 Å². The summed E-state index contributed by atoms with van der Waals surface area (Å²) in [6.07, 6.45) is 0.825. The van der Waals surface area contributed by atoms with Gasteiger partial charge in [0.2, 0.25) is 0 Å². The van der Waals surface area contributed by atoms with Crippen molar-refractivity contribution in [3.8, 4) is 5.75 Å². The average Bonchev–Trinajstić information content (AvgIpc) is 2.51. The van der Waals surface area contributed by atoms with Crippen molar-refractivity contribution in [2.24, 2.45) is 0 Å². The standard InChI is InChI=1S/C18H16Br2N2OS/c1-10-7-12(4-5-14(10)20)22-17(24)21-15-9-18(22,2)23-16-6-3-11(19)8-13(15)16/h3-8,15H,9H2,1-2H3,(H,21,24)/t15-,18+/m0/s1. The third kappa shape index (κ3) is 2.55. The quantitative estimate of drug-likeness (QED) is 0.563. The molecule has 0 spiro atoms. The van der Waals surface area contributed by atoms with Gasteiger partial charge in [0.05, 0.1) is 6.04 Å². The number of hydrogen-bond acceptors (Lipinski definition) is 2. The number of fused-ring (bicyclic) bond motifs is 4. The molecule has 24 heavy (non-hydrogen) atoms. The van der Waals surface area contributed by atoms with Crippen LogP contribution in [0.2, 0.25) is 0 Å². The lowest BCUT2D eigenvalue weighted by Crippen LogP contribution is -2.65. The molecule has 0 aliphatic carbocycles. The van der Waals surface area contributed by atoms with Gasteiger partial charge < -0.3 is 10.1 Å². The fraction of sp³-hybridized carbons (Fsp3) is 0.278. The van der Waals surface area contributed by atoms with Crippen LogP contribution in [0.1, 0.15) is 30.5 Å². The maximum absolute atomic E-state index is 6.42. The minimum atomic E-state index is -0.506. The number of aryl methyl sites for hydroxylation is 1. The number of nitrogens with one attached hydrogen (secondary N) is 1. The molecule has 0 amide bonds. The van der Waals surface area contributed by atoms with Gasteiger partial charge in [-0.3, -0.25) is 4.90 Å². The van der Waals surface area contributed by atoms with Gasteiger partial charge in [-0.25, -0.2) is 0 Å². The zero-order valence-electron chi connectivity index (χ0n) is 13.3. The normalized spacial score (nSPS) is 24.9. The van der Waals surface area contributed by atoms with Gasteiger partial charge in [0.15, 0.2) is 10.8 Å². The summed E-state index contributed by atoms with van der Waals surface area (Å²) in [5, 5.41) is 4.18. The van der Waals surface area contributed by atoms with E-state index in [1.165, 1.54) is 5.56 Å². The molecule has 2 aromatic rings. The van der Waals surface area contributed by atoms with E-state index in [0.717, 1.165) is 32.4 Å². The Morgan fingerprint density at radius 3 is 2.79 bits per heavy atom. The minimum Gasteiger partial charge on any atom is -0.467 e. The van der Waals surface area contributed by atoms with Crippen LogP contribution in [-0.2, 0) is 0 Å². The van der Waals surface area contributed by atoms with Crippen LogP contribution in [0.4, 0.5) is 5.69 Å². The van der Waals surface area contributed by atoms with Gasteiger partial charge >= 0.3 is 0 Å². The number of rotatable bonds is 1. The van der Waals surface area contributed by atoms with E-state index >= 15 is 0 Å². The van der Waals surface area contributed by atoms with Gasteiger partial charge in [-0.1, -0.05) is 31.9 Å². The van der Waals surface area contributed by atoms with Gasteiger partial charge in [-0.2, -0.15) is 0 Å². The third-order valence-electron chi connectivity index (χ3n) is 4.63. The molecule has 3 nitrogen and oxygen atoms in total. The molecule has 2 aromatic carbocycles.